The van der Waals surface area contributed by atoms with E-state index in [0.29, 0.717) is 0 Å². The van der Waals surface area contributed by atoms with E-state index in [2.05, 4.69) is 13.8 Å². The van der Waals surface area contributed by atoms with Gasteiger partial charge in [-0.05, 0) is 0 Å². The molecule has 0 aromatic carbocycles. The third-order valence-corrected chi connectivity index (χ3v) is 6.96. The van der Waals surface area contributed by atoms with Gasteiger partial charge in [-0.25, -0.2) is 0 Å². The van der Waals surface area contributed by atoms with Crippen molar-refractivity contribution in [2.75, 3.05) is 25.0 Å². The molecule has 0 aliphatic rings. The maximum atomic E-state index is 9.33. The second-order valence-corrected chi connectivity index (χ2v) is 8.66. The number of hydrogen-bond donors (Lipinski definition) is 2. The van der Waals surface area contributed by atoms with E-state index in [1.807, 2.05) is 0 Å². The van der Waals surface area contributed by atoms with E-state index in [-0.39, 0.29) is 12.7 Å². The first kappa shape index (κ1) is 13.4. The zero-order valence-electron chi connectivity index (χ0n) is 9.05. The van der Waals surface area contributed by atoms with E-state index in [1.54, 1.807) is 0 Å². The zero-order valence-corrected chi connectivity index (χ0v) is 10.1. The Bertz CT molecular complexity index is 103. The average Bonchev–Trinajstić information content (AvgIpc) is 2.20. The summed E-state index contributed by atoms with van der Waals surface area (Å²) in [7, 11) is -1.67. The molecule has 82 valence electrons. The SMILES string of the molecule is CCCC[PH](CO)(CO)CCCC. The normalized spacial score (nSPS) is 13.2. The summed E-state index contributed by atoms with van der Waals surface area (Å²) in [5, 5.41) is 18.7. The standard InChI is InChI=1S/C10H25O2P/c1-3-5-7-13(9-11,10-12)8-6-4-2/h11-13H,3-10H2,1-2H3. The summed E-state index contributed by atoms with van der Waals surface area (Å²) < 4.78 is 0. The van der Waals surface area contributed by atoms with Gasteiger partial charge in [-0.3, -0.25) is 0 Å². The van der Waals surface area contributed by atoms with Crippen LogP contribution in [0.25, 0.3) is 0 Å². The summed E-state index contributed by atoms with van der Waals surface area (Å²) in [6.07, 6.45) is 7.38. The van der Waals surface area contributed by atoms with Crippen molar-refractivity contribution in [1.29, 1.82) is 0 Å². The van der Waals surface area contributed by atoms with Gasteiger partial charge in [0.15, 0.2) is 0 Å². The summed E-state index contributed by atoms with van der Waals surface area (Å²) in [6, 6.07) is 0. The minimum atomic E-state index is -1.67. The maximum absolute atomic E-state index is 9.33. The Morgan fingerprint density at radius 2 is 1.23 bits per heavy atom. The van der Waals surface area contributed by atoms with Crippen molar-refractivity contribution < 1.29 is 10.2 Å². The monoisotopic (exact) mass is 208 g/mol. The molecule has 3 heteroatoms. The van der Waals surface area contributed by atoms with Crippen molar-refractivity contribution in [2.45, 2.75) is 39.5 Å². The minimum absolute atomic E-state index is 0.267. The van der Waals surface area contributed by atoms with E-state index in [4.69, 9.17) is 0 Å². The molecule has 0 bridgehead atoms. The molecule has 0 unspecified atom stereocenters. The Hall–Kier alpha value is 0.350. The van der Waals surface area contributed by atoms with Gasteiger partial charge in [-0.2, -0.15) is 0 Å². The van der Waals surface area contributed by atoms with Crippen molar-refractivity contribution in [1.82, 2.24) is 0 Å². The van der Waals surface area contributed by atoms with Crippen molar-refractivity contribution in [3.05, 3.63) is 0 Å². The van der Waals surface area contributed by atoms with Gasteiger partial charge in [0.05, 0.1) is 0 Å². The topological polar surface area (TPSA) is 40.5 Å². The molecule has 0 fully saturated rings. The van der Waals surface area contributed by atoms with Crippen molar-refractivity contribution >= 4 is 7.26 Å². The van der Waals surface area contributed by atoms with Gasteiger partial charge in [-0.1, -0.05) is 0 Å². The fraction of sp³-hybridized carbons (Fsp3) is 1.00. The summed E-state index contributed by atoms with van der Waals surface area (Å²) in [4.78, 5) is 0. The summed E-state index contributed by atoms with van der Waals surface area (Å²) in [5.74, 6) is 0. The molecule has 0 saturated carbocycles. The number of aliphatic hydroxyl groups excluding tert-OH is 2. The molecule has 0 amide bonds. The molecule has 2 N–H and O–H groups in total. The molecule has 13 heavy (non-hydrogen) atoms. The van der Waals surface area contributed by atoms with E-state index in [9.17, 15) is 10.2 Å². The van der Waals surface area contributed by atoms with Crippen molar-refractivity contribution in [2.24, 2.45) is 0 Å². The van der Waals surface area contributed by atoms with Crippen LogP contribution < -0.4 is 0 Å². The third-order valence-electron chi connectivity index (χ3n) is 2.79. The van der Waals surface area contributed by atoms with E-state index < -0.39 is 7.26 Å². The Morgan fingerprint density at radius 3 is 1.46 bits per heavy atom. The predicted molar refractivity (Wildman–Crippen MR) is 62.0 cm³/mol. The van der Waals surface area contributed by atoms with Gasteiger partial charge in [0.2, 0.25) is 0 Å². The molecular formula is C10H25O2P. The first-order valence-electron chi connectivity index (χ1n) is 5.46. The summed E-state index contributed by atoms with van der Waals surface area (Å²) in [6.45, 7) is 4.32. The quantitative estimate of drug-likeness (QED) is 0.600. The number of unbranched alkanes of at least 4 members (excludes halogenated alkanes) is 2. The number of hydrogen-bond acceptors (Lipinski definition) is 2. The molecule has 0 aromatic rings. The van der Waals surface area contributed by atoms with Crippen LogP contribution in [0.3, 0.4) is 0 Å². The Morgan fingerprint density at radius 1 is 0.846 bits per heavy atom. The second-order valence-electron chi connectivity index (χ2n) is 4.02. The van der Waals surface area contributed by atoms with Gasteiger partial charge in [-0.15, -0.1) is 0 Å². The van der Waals surface area contributed by atoms with Gasteiger partial charge < -0.3 is 0 Å². The van der Waals surface area contributed by atoms with Crippen molar-refractivity contribution in [3.8, 4) is 0 Å². The second kappa shape index (κ2) is 7.73. The van der Waals surface area contributed by atoms with Crippen LogP contribution in [0.1, 0.15) is 39.5 Å². The molecule has 0 spiro atoms. The van der Waals surface area contributed by atoms with Crippen LogP contribution in [-0.2, 0) is 0 Å². The van der Waals surface area contributed by atoms with Crippen LogP contribution in [0.4, 0.5) is 0 Å². The van der Waals surface area contributed by atoms with Crippen LogP contribution in [0.5, 0.6) is 0 Å². The Labute approximate surface area is 82.7 Å². The fourth-order valence-corrected chi connectivity index (χ4v) is 4.78. The summed E-state index contributed by atoms with van der Waals surface area (Å²) in [5.41, 5.74) is 0. The van der Waals surface area contributed by atoms with Crippen LogP contribution in [-0.4, -0.2) is 35.2 Å². The van der Waals surface area contributed by atoms with E-state index >= 15 is 0 Å². The van der Waals surface area contributed by atoms with Gasteiger partial charge in [0.25, 0.3) is 0 Å². The van der Waals surface area contributed by atoms with Crippen LogP contribution in [0, 0.1) is 0 Å². The molecule has 2 nitrogen and oxygen atoms in total. The third kappa shape index (κ3) is 4.95. The van der Waals surface area contributed by atoms with Gasteiger partial charge in [0.1, 0.15) is 0 Å². The summed E-state index contributed by atoms with van der Waals surface area (Å²) >= 11 is 0. The molecule has 0 aliphatic carbocycles. The van der Waals surface area contributed by atoms with E-state index in [1.165, 1.54) is 12.8 Å². The van der Waals surface area contributed by atoms with Crippen molar-refractivity contribution in [3.63, 3.8) is 0 Å². The Balaban J connectivity index is 3.97. The van der Waals surface area contributed by atoms with Gasteiger partial charge in [0, 0.05) is 0 Å². The van der Waals surface area contributed by atoms with Crippen LogP contribution in [0.2, 0.25) is 0 Å². The Kier molecular flexibility index (Phi) is 7.93. The molecular weight excluding hydrogens is 183 g/mol. The molecule has 0 aliphatic heterocycles. The molecule has 0 radical (unpaired) electrons. The number of aliphatic hydroxyl groups is 2. The fourth-order valence-electron chi connectivity index (χ4n) is 1.59. The van der Waals surface area contributed by atoms with E-state index in [0.717, 1.165) is 25.2 Å². The molecule has 0 heterocycles. The molecule has 0 rings (SSSR count). The molecule has 0 atom stereocenters. The molecule has 0 saturated heterocycles. The average molecular weight is 208 g/mol. The predicted octanol–water partition coefficient (Wildman–Crippen LogP) is 2.24. The van der Waals surface area contributed by atoms with Gasteiger partial charge >= 0.3 is 82.0 Å². The van der Waals surface area contributed by atoms with Crippen LogP contribution >= 0.6 is 7.26 Å². The molecule has 0 aromatic heterocycles. The van der Waals surface area contributed by atoms with Crippen LogP contribution in [0.15, 0.2) is 0 Å². The first-order valence-corrected chi connectivity index (χ1v) is 8.29. The zero-order chi connectivity index (χ0) is 10.2. The number of rotatable bonds is 8. The first-order chi connectivity index (χ1) is 6.24.